The van der Waals surface area contributed by atoms with E-state index in [1.807, 2.05) is 6.92 Å². The first-order chi connectivity index (χ1) is 12.4. The van der Waals surface area contributed by atoms with Crippen molar-refractivity contribution in [2.24, 2.45) is 0 Å². The molecule has 1 atom stereocenters. The Morgan fingerprint density at radius 2 is 2.04 bits per heavy atom. The van der Waals surface area contributed by atoms with E-state index >= 15 is 0 Å². The predicted molar refractivity (Wildman–Crippen MR) is 106 cm³/mol. The number of unbranched alkanes of at least 4 members (excludes halogenated alkanes) is 1. The summed E-state index contributed by atoms with van der Waals surface area (Å²) in [6.45, 7) is 1.97. The Morgan fingerprint density at radius 3 is 2.62 bits per heavy atom. The van der Waals surface area contributed by atoms with E-state index in [0.717, 1.165) is 23.7 Å². The zero-order chi connectivity index (χ0) is 19.3. The molecule has 26 heavy (non-hydrogen) atoms. The first-order valence-electron chi connectivity index (χ1n) is 8.14. The summed E-state index contributed by atoms with van der Waals surface area (Å²) >= 11 is 6.38. The van der Waals surface area contributed by atoms with Crippen LogP contribution in [0.5, 0.6) is 11.5 Å². The summed E-state index contributed by atoms with van der Waals surface area (Å²) in [5.74, 6) is -0.286. The molecule has 1 aromatic carbocycles. The Bertz CT molecular complexity index is 747. The highest BCUT2D eigenvalue weighted by molar-refractivity contribution is 8.26. The maximum absolute atomic E-state index is 12.7. The van der Waals surface area contributed by atoms with Gasteiger partial charge in [0, 0.05) is 0 Å². The molecule has 6 nitrogen and oxygen atoms in total. The van der Waals surface area contributed by atoms with E-state index in [0.29, 0.717) is 29.2 Å². The van der Waals surface area contributed by atoms with Crippen LogP contribution in [0.15, 0.2) is 23.1 Å². The molecule has 0 bridgehead atoms. The van der Waals surface area contributed by atoms with Crippen LogP contribution < -0.4 is 9.47 Å². The smallest absolute Gasteiger partial charge is 0.326 e. The minimum Gasteiger partial charge on any atom is -0.493 e. The molecule has 1 aliphatic heterocycles. The number of nitrogens with zero attached hydrogens (tertiary/aromatic N) is 1. The van der Waals surface area contributed by atoms with Crippen LogP contribution >= 0.6 is 24.0 Å². The number of thioether (sulfide) groups is 1. The van der Waals surface area contributed by atoms with Crippen molar-refractivity contribution in [3.63, 3.8) is 0 Å². The number of amides is 1. The van der Waals surface area contributed by atoms with E-state index in [9.17, 15) is 14.7 Å². The lowest BCUT2D eigenvalue weighted by atomic mass is 10.1. The highest BCUT2D eigenvalue weighted by Gasteiger charge is 2.40. The molecule has 0 spiro atoms. The molecule has 8 heteroatoms. The van der Waals surface area contributed by atoms with E-state index in [1.165, 1.54) is 12.0 Å². The monoisotopic (exact) mass is 395 g/mol. The summed E-state index contributed by atoms with van der Waals surface area (Å²) in [6, 6.07) is 4.35. The maximum Gasteiger partial charge on any atom is 0.326 e. The van der Waals surface area contributed by atoms with Gasteiger partial charge in [-0.05, 0) is 30.2 Å². The molecular formula is C18H21NO5S2. The number of hydrogen-bond acceptors (Lipinski definition) is 6. The third-order valence-corrected chi connectivity index (χ3v) is 5.29. The SMILES string of the molecule is CCCCC(C(=O)O)N1C(=O)C(=Cc2ccc(OC)c(OC)c2)SC1=S. The highest BCUT2D eigenvalue weighted by atomic mass is 32.2. The number of carbonyl (C=O) groups is 2. The molecule has 1 N–H and O–H groups in total. The summed E-state index contributed by atoms with van der Waals surface area (Å²) < 4.78 is 10.7. The Balaban J connectivity index is 2.29. The Kier molecular flexibility index (Phi) is 7.05. The number of carbonyl (C=O) groups excluding carboxylic acids is 1. The van der Waals surface area contributed by atoms with Crippen LogP contribution in [0.1, 0.15) is 31.7 Å². The van der Waals surface area contributed by atoms with Crippen LogP contribution in [0.25, 0.3) is 6.08 Å². The van der Waals surface area contributed by atoms with Crippen molar-refractivity contribution in [3.05, 3.63) is 28.7 Å². The van der Waals surface area contributed by atoms with Crippen molar-refractivity contribution in [1.29, 1.82) is 0 Å². The fourth-order valence-corrected chi connectivity index (χ4v) is 3.96. The molecule has 0 radical (unpaired) electrons. The zero-order valence-corrected chi connectivity index (χ0v) is 16.5. The molecule has 1 aromatic rings. The molecule has 0 aliphatic carbocycles. The Hall–Kier alpha value is -2.06. The summed E-state index contributed by atoms with van der Waals surface area (Å²) in [6.07, 6.45) is 3.62. The van der Waals surface area contributed by atoms with E-state index < -0.39 is 12.0 Å². The van der Waals surface area contributed by atoms with Gasteiger partial charge in [-0.15, -0.1) is 0 Å². The largest absolute Gasteiger partial charge is 0.493 e. The van der Waals surface area contributed by atoms with Gasteiger partial charge in [0.25, 0.3) is 5.91 Å². The number of benzene rings is 1. The fraction of sp³-hybridized carbons (Fsp3) is 0.389. The standard InChI is InChI=1S/C18H21NO5S2/c1-4-5-6-12(17(21)22)19-16(20)15(26-18(19)25)10-11-7-8-13(23-2)14(9-11)24-3/h7-10,12H,4-6H2,1-3H3,(H,21,22). The molecule has 1 heterocycles. The lowest BCUT2D eigenvalue weighted by Crippen LogP contribution is -2.43. The minimum atomic E-state index is -1.04. The topological polar surface area (TPSA) is 76.1 Å². The molecule has 140 valence electrons. The molecular weight excluding hydrogens is 374 g/mol. The van der Waals surface area contributed by atoms with Crippen LogP contribution in [-0.4, -0.2) is 46.5 Å². The van der Waals surface area contributed by atoms with Crippen LogP contribution in [-0.2, 0) is 9.59 Å². The van der Waals surface area contributed by atoms with Crippen LogP contribution in [0.4, 0.5) is 0 Å². The van der Waals surface area contributed by atoms with Gasteiger partial charge in [0.1, 0.15) is 10.4 Å². The summed E-state index contributed by atoms with van der Waals surface area (Å²) in [5.41, 5.74) is 0.739. The van der Waals surface area contributed by atoms with E-state index in [4.69, 9.17) is 21.7 Å². The number of carboxylic acid groups (broad SMARTS) is 1. The van der Waals surface area contributed by atoms with Crippen molar-refractivity contribution in [3.8, 4) is 11.5 Å². The lowest BCUT2D eigenvalue weighted by Gasteiger charge is -2.22. The minimum absolute atomic E-state index is 0.269. The van der Waals surface area contributed by atoms with E-state index in [-0.39, 0.29) is 10.2 Å². The van der Waals surface area contributed by atoms with Gasteiger partial charge < -0.3 is 14.6 Å². The second-order valence-electron chi connectivity index (χ2n) is 5.66. The number of carboxylic acids is 1. The van der Waals surface area contributed by atoms with Gasteiger partial charge >= 0.3 is 5.97 Å². The predicted octanol–water partition coefficient (Wildman–Crippen LogP) is 3.55. The average Bonchev–Trinajstić information content (AvgIpc) is 2.89. The van der Waals surface area contributed by atoms with Crippen LogP contribution in [0, 0.1) is 0 Å². The van der Waals surface area contributed by atoms with E-state index in [1.54, 1.807) is 31.4 Å². The number of ether oxygens (including phenoxy) is 2. The van der Waals surface area contributed by atoms with Gasteiger partial charge in [-0.3, -0.25) is 9.69 Å². The van der Waals surface area contributed by atoms with Gasteiger partial charge in [0.2, 0.25) is 0 Å². The molecule has 1 amide bonds. The lowest BCUT2D eigenvalue weighted by molar-refractivity contribution is -0.145. The van der Waals surface area contributed by atoms with Gasteiger partial charge in [0.15, 0.2) is 11.5 Å². The van der Waals surface area contributed by atoms with Crippen molar-refractivity contribution in [1.82, 2.24) is 4.90 Å². The van der Waals surface area contributed by atoms with Crippen molar-refractivity contribution >= 4 is 46.3 Å². The molecule has 0 aromatic heterocycles. The Labute approximate surface area is 162 Å². The first kappa shape index (κ1) is 20.3. The van der Waals surface area contributed by atoms with Crippen LogP contribution in [0.2, 0.25) is 0 Å². The van der Waals surface area contributed by atoms with Crippen molar-refractivity contribution in [2.75, 3.05) is 14.2 Å². The average molecular weight is 396 g/mol. The molecule has 0 saturated carbocycles. The maximum atomic E-state index is 12.7. The quantitative estimate of drug-likeness (QED) is 0.533. The Morgan fingerprint density at radius 1 is 1.35 bits per heavy atom. The summed E-state index contributed by atoms with van der Waals surface area (Å²) in [7, 11) is 3.08. The van der Waals surface area contributed by atoms with Crippen molar-refractivity contribution < 1.29 is 24.2 Å². The normalized spacial score (nSPS) is 16.9. The fourth-order valence-electron chi connectivity index (χ4n) is 2.60. The number of hydrogen-bond donors (Lipinski definition) is 1. The molecule has 1 aliphatic rings. The zero-order valence-electron chi connectivity index (χ0n) is 14.9. The third-order valence-electron chi connectivity index (χ3n) is 3.96. The number of rotatable bonds is 8. The van der Waals surface area contributed by atoms with Crippen LogP contribution in [0.3, 0.4) is 0 Å². The van der Waals surface area contributed by atoms with Crippen molar-refractivity contribution in [2.45, 2.75) is 32.2 Å². The number of methoxy groups -OCH3 is 2. The second-order valence-corrected chi connectivity index (χ2v) is 7.34. The molecule has 1 saturated heterocycles. The molecule has 2 rings (SSSR count). The van der Waals surface area contributed by atoms with Gasteiger partial charge in [-0.2, -0.15) is 0 Å². The number of thiocarbonyl (C=S) groups is 1. The summed E-state index contributed by atoms with van der Waals surface area (Å²) in [5, 5.41) is 9.49. The molecule has 1 fully saturated rings. The third kappa shape index (κ3) is 4.37. The van der Waals surface area contributed by atoms with Gasteiger partial charge in [-0.25, -0.2) is 4.79 Å². The summed E-state index contributed by atoms with van der Waals surface area (Å²) in [4.78, 5) is 25.9. The van der Waals surface area contributed by atoms with Gasteiger partial charge in [0.05, 0.1) is 19.1 Å². The molecule has 1 unspecified atom stereocenters. The van der Waals surface area contributed by atoms with E-state index in [2.05, 4.69) is 0 Å². The highest BCUT2D eigenvalue weighted by Crippen LogP contribution is 2.36. The first-order valence-corrected chi connectivity index (χ1v) is 9.37. The van der Waals surface area contributed by atoms with Gasteiger partial charge in [-0.1, -0.05) is 49.8 Å². The number of aliphatic carboxylic acids is 1. The second kappa shape index (κ2) is 9.05.